The molecule has 2 heteroatoms. The van der Waals surface area contributed by atoms with E-state index < -0.39 is 0 Å². The Morgan fingerprint density at radius 3 is 2.89 bits per heavy atom. The third-order valence-electron chi connectivity index (χ3n) is 4.11. The van der Waals surface area contributed by atoms with Gasteiger partial charge in [0.15, 0.2) is 0 Å². The fourth-order valence-corrected chi connectivity index (χ4v) is 2.94. The maximum absolute atomic E-state index is 4.47. The highest BCUT2D eigenvalue weighted by molar-refractivity contribution is 5.19. The molecule has 1 aromatic heterocycles. The van der Waals surface area contributed by atoms with E-state index in [1.165, 1.54) is 49.8 Å². The number of aromatic nitrogens is 1. The van der Waals surface area contributed by atoms with Gasteiger partial charge in [-0.3, -0.25) is 4.98 Å². The minimum absolute atomic E-state index is 0.927. The monoisotopic (exact) mass is 246 g/mol. The van der Waals surface area contributed by atoms with Crippen molar-refractivity contribution in [2.75, 3.05) is 6.54 Å². The van der Waals surface area contributed by atoms with Gasteiger partial charge < -0.3 is 5.32 Å². The van der Waals surface area contributed by atoms with Crippen molar-refractivity contribution in [3.63, 3.8) is 0 Å². The minimum Gasteiger partial charge on any atom is -0.311 e. The van der Waals surface area contributed by atoms with Crippen molar-refractivity contribution >= 4 is 0 Å². The van der Waals surface area contributed by atoms with E-state index in [1.54, 1.807) is 0 Å². The molecule has 1 aliphatic rings. The van der Waals surface area contributed by atoms with E-state index in [1.807, 2.05) is 12.3 Å². The third kappa shape index (κ3) is 4.09. The second kappa shape index (κ2) is 7.52. The van der Waals surface area contributed by atoms with Crippen LogP contribution in [0, 0.1) is 5.92 Å². The Morgan fingerprint density at radius 2 is 2.11 bits per heavy atom. The second-order valence-electron chi connectivity index (χ2n) is 5.43. The van der Waals surface area contributed by atoms with Gasteiger partial charge in [-0.2, -0.15) is 0 Å². The van der Waals surface area contributed by atoms with E-state index in [4.69, 9.17) is 0 Å². The standard InChI is InChI=1S/C16H26N2/c1-2-15-9-6-11-18-16(15)13-17-12-10-14-7-4-3-5-8-14/h6,9,11,14,17H,2-5,7-8,10,12-13H2,1H3. The van der Waals surface area contributed by atoms with Crippen LogP contribution in [-0.4, -0.2) is 11.5 Å². The maximum atomic E-state index is 4.47. The summed E-state index contributed by atoms with van der Waals surface area (Å²) in [5.41, 5.74) is 2.60. The zero-order valence-electron chi connectivity index (χ0n) is 11.6. The molecule has 0 bridgehead atoms. The lowest BCUT2D eigenvalue weighted by Gasteiger charge is -2.21. The molecule has 1 N–H and O–H groups in total. The summed E-state index contributed by atoms with van der Waals surface area (Å²) >= 11 is 0. The van der Waals surface area contributed by atoms with Crippen LogP contribution in [0.5, 0.6) is 0 Å². The van der Waals surface area contributed by atoms with Gasteiger partial charge in [0.05, 0.1) is 5.69 Å². The number of nitrogens with zero attached hydrogens (tertiary/aromatic N) is 1. The van der Waals surface area contributed by atoms with Gasteiger partial charge >= 0.3 is 0 Å². The van der Waals surface area contributed by atoms with E-state index in [-0.39, 0.29) is 0 Å². The molecule has 0 amide bonds. The lowest BCUT2D eigenvalue weighted by molar-refractivity contribution is 0.333. The number of rotatable bonds is 6. The summed E-state index contributed by atoms with van der Waals surface area (Å²) in [5.74, 6) is 0.973. The van der Waals surface area contributed by atoms with Crippen LogP contribution in [0.4, 0.5) is 0 Å². The molecule has 0 unspecified atom stereocenters. The summed E-state index contributed by atoms with van der Waals surface area (Å²) in [5, 5.41) is 3.56. The average Bonchev–Trinajstić information content (AvgIpc) is 2.45. The van der Waals surface area contributed by atoms with Crippen molar-refractivity contribution in [2.24, 2.45) is 5.92 Å². The highest BCUT2D eigenvalue weighted by atomic mass is 14.9. The van der Waals surface area contributed by atoms with E-state index in [2.05, 4.69) is 23.3 Å². The molecule has 0 radical (unpaired) electrons. The number of pyridine rings is 1. The Balaban J connectivity index is 1.68. The molecule has 0 aromatic carbocycles. The number of hydrogen-bond acceptors (Lipinski definition) is 2. The molecular formula is C16H26N2. The van der Waals surface area contributed by atoms with Gasteiger partial charge in [0.25, 0.3) is 0 Å². The summed E-state index contributed by atoms with van der Waals surface area (Å²) in [7, 11) is 0. The summed E-state index contributed by atoms with van der Waals surface area (Å²) < 4.78 is 0. The molecule has 1 fully saturated rings. The van der Waals surface area contributed by atoms with Gasteiger partial charge in [0, 0.05) is 12.7 Å². The van der Waals surface area contributed by atoms with Crippen molar-refractivity contribution in [3.05, 3.63) is 29.6 Å². The fraction of sp³-hybridized carbons (Fsp3) is 0.688. The molecule has 2 rings (SSSR count). The van der Waals surface area contributed by atoms with Crippen LogP contribution in [0.25, 0.3) is 0 Å². The van der Waals surface area contributed by atoms with Crippen LogP contribution < -0.4 is 5.32 Å². The first-order valence-electron chi connectivity index (χ1n) is 7.53. The van der Waals surface area contributed by atoms with Gasteiger partial charge in [-0.25, -0.2) is 0 Å². The first kappa shape index (κ1) is 13.5. The minimum atomic E-state index is 0.927. The topological polar surface area (TPSA) is 24.9 Å². The Bertz CT molecular complexity index is 343. The number of nitrogens with one attached hydrogen (secondary N) is 1. The van der Waals surface area contributed by atoms with Crippen LogP contribution in [0.3, 0.4) is 0 Å². The van der Waals surface area contributed by atoms with Crippen LogP contribution in [0.1, 0.15) is 56.7 Å². The molecule has 2 nitrogen and oxygen atoms in total. The normalized spacial score (nSPS) is 16.9. The first-order valence-corrected chi connectivity index (χ1v) is 7.53. The van der Waals surface area contributed by atoms with Crippen molar-refractivity contribution in [1.82, 2.24) is 10.3 Å². The second-order valence-corrected chi connectivity index (χ2v) is 5.43. The van der Waals surface area contributed by atoms with Gasteiger partial charge in [0.1, 0.15) is 0 Å². The Hall–Kier alpha value is -0.890. The van der Waals surface area contributed by atoms with Crippen LogP contribution in [0.15, 0.2) is 18.3 Å². The molecular weight excluding hydrogens is 220 g/mol. The van der Waals surface area contributed by atoms with E-state index >= 15 is 0 Å². The van der Waals surface area contributed by atoms with E-state index in [0.29, 0.717) is 0 Å². The molecule has 1 saturated carbocycles. The van der Waals surface area contributed by atoms with Crippen LogP contribution >= 0.6 is 0 Å². The molecule has 0 aliphatic heterocycles. The van der Waals surface area contributed by atoms with Crippen molar-refractivity contribution in [2.45, 2.75) is 58.4 Å². The maximum Gasteiger partial charge on any atom is 0.0573 e. The number of hydrogen-bond donors (Lipinski definition) is 1. The average molecular weight is 246 g/mol. The lowest BCUT2D eigenvalue weighted by Crippen LogP contribution is -2.20. The molecule has 0 saturated heterocycles. The van der Waals surface area contributed by atoms with E-state index in [9.17, 15) is 0 Å². The predicted molar refractivity (Wildman–Crippen MR) is 76.5 cm³/mol. The largest absolute Gasteiger partial charge is 0.311 e. The molecule has 0 spiro atoms. The molecule has 18 heavy (non-hydrogen) atoms. The first-order chi connectivity index (χ1) is 8.90. The zero-order chi connectivity index (χ0) is 12.6. The molecule has 100 valence electrons. The SMILES string of the molecule is CCc1cccnc1CNCCC1CCCCC1. The van der Waals surface area contributed by atoms with E-state index in [0.717, 1.165) is 25.4 Å². The Morgan fingerprint density at radius 1 is 1.28 bits per heavy atom. The summed E-state index contributed by atoms with van der Waals surface area (Å²) in [6, 6.07) is 4.22. The highest BCUT2D eigenvalue weighted by Crippen LogP contribution is 2.25. The lowest BCUT2D eigenvalue weighted by atomic mass is 9.87. The van der Waals surface area contributed by atoms with Crippen molar-refractivity contribution in [1.29, 1.82) is 0 Å². The molecule has 0 atom stereocenters. The van der Waals surface area contributed by atoms with Crippen molar-refractivity contribution in [3.8, 4) is 0 Å². The predicted octanol–water partition coefficient (Wildman–Crippen LogP) is 3.70. The van der Waals surface area contributed by atoms with Gasteiger partial charge in [-0.05, 0) is 36.9 Å². The molecule has 1 heterocycles. The molecule has 1 aliphatic carbocycles. The quantitative estimate of drug-likeness (QED) is 0.774. The zero-order valence-corrected chi connectivity index (χ0v) is 11.6. The van der Waals surface area contributed by atoms with Gasteiger partial charge in [0.2, 0.25) is 0 Å². The summed E-state index contributed by atoms with van der Waals surface area (Å²) in [6.45, 7) is 4.27. The van der Waals surface area contributed by atoms with Gasteiger partial charge in [-0.15, -0.1) is 0 Å². The summed E-state index contributed by atoms with van der Waals surface area (Å²) in [4.78, 5) is 4.47. The van der Waals surface area contributed by atoms with Crippen molar-refractivity contribution < 1.29 is 0 Å². The molecule has 1 aromatic rings. The van der Waals surface area contributed by atoms with Gasteiger partial charge in [-0.1, -0.05) is 45.1 Å². The smallest absolute Gasteiger partial charge is 0.0573 e. The Kier molecular flexibility index (Phi) is 5.66. The Labute approximate surface area is 111 Å². The highest BCUT2D eigenvalue weighted by Gasteiger charge is 2.12. The summed E-state index contributed by atoms with van der Waals surface area (Å²) in [6.07, 6.45) is 11.6. The fourth-order valence-electron chi connectivity index (χ4n) is 2.94. The van der Waals surface area contributed by atoms with Crippen LogP contribution in [-0.2, 0) is 13.0 Å². The third-order valence-corrected chi connectivity index (χ3v) is 4.11. The van der Waals surface area contributed by atoms with Crippen LogP contribution in [0.2, 0.25) is 0 Å². The number of aryl methyl sites for hydroxylation is 1.